The van der Waals surface area contributed by atoms with Crippen LogP contribution in [0.1, 0.15) is 187 Å². The van der Waals surface area contributed by atoms with Crippen LogP contribution in [0.25, 0.3) is 0 Å². The zero-order chi connectivity index (χ0) is 34.6. The molecule has 0 fully saturated rings. The highest BCUT2D eigenvalue weighted by Crippen LogP contribution is 2.37. The summed E-state index contributed by atoms with van der Waals surface area (Å²) in [7, 11) is 0. The zero-order valence-corrected chi connectivity index (χ0v) is 33.1. The molecule has 272 valence electrons. The number of benzene rings is 1. The molecule has 0 atom stereocenters. The summed E-state index contributed by atoms with van der Waals surface area (Å²) in [5.74, 6) is 4.52. The van der Waals surface area contributed by atoms with Gasteiger partial charge in [0.05, 0.1) is 12.8 Å². The van der Waals surface area contributed by atoms with E-state index in [1.165, 1.54) is 128 Å². The van der Waals surface area contributed by atoms with E-state index in [1.807, 2.05) is 42.6 Å². The molecule has 0 saturated carbocycles. The monoisotopic (exact) mass is 692 g/mol. The molecule has 1 aromatic carbocycles. The molecule has 0 unspecified atom stereocenters. The van der Waals surface area contributed by atoms with Crippen LogP contribution in [0.5, 0.6) is 11.5 Å². The van der Waals surface area contributed by atoms with Crippen LogP contribution in [0.2, 0.25) is 0 Å². The molecule has 0 aliphatic carbocycles. The standard InChI is InChI=1S/C41H72O4S2/c1-7-9-11-13-15-17-19-21-23-25-29-46-31-27-39(42)44-37-34-36(41(4,5)6)38(33-35(37)3)45-40(43)28-32-47-30-26-24-22-20-18-16-14-12-10-8-2/h33-34H,7-32H2,1-6H3. The minimum absolute atomic E-state index is 0.199. The predicted molar refractivity (Wildman–Crippen MR) is 209 cm³/mol. The number of esters is 2. The highest BCUT2D eigenvalue weighted by atomic mass is 32.2. The number of unbranched alkanes of at least 4 members (excludes halogenated alkanes) is 18. The van der Waals surface area contributed by atoms with E-state index in [-0.39, 0.29) is 17.4 Å². The van der Waals surface area contributed by atoms with Crippen molar-refractivity contribution in [2.24, 2.45) is 0 Å². The summed E-state index contributed by atoms with van der Waals surface area (Å²) in [6.45, 7) is 12.7. The Hall–Kier alpha value is -1.14. The Morgan fingerprint density at radius 2 is 0.894 bits per heavy atom. The van der Waals surface area contributed by atoms with Gasteiger partial charge in [0.1, 0.15) is 11.5 Å². The van der Waals surface area contributed by atoms with Crippen LogP contribution in [0.4, 0.5) is 0 Å². The van der Waals surface area contributed by atoms with E-state index in [9.17, 15) is 9.59 Å². The Balaban J connectivity index is 2.31. The van der Waals surface area contributed by atoms with Crippen LogP contribution < -0.4 is 9.47 Å². The molecule has 6 heteroatoms. The summed E-state index contributed by atoms with van der Waals surface area (Å²) in [5.41, 5.74) is 1.43. The Labute approximate surface area is 299 Å². The fourth-order valence-electron chi connectivity index (χ4n) is 5.69. The lowest BCUT2D eigenvalue weighted by Crippen LogP contribution is -2.18. The van der Waals surface area contributed by atoms with Gasteiger partial charge in [0, 0.05) is 17.1 Å². The summed E-state index contributed by atoms with van der Waals surface area (Å²) >= 11 is 3.70. The van der Waals surface area contributed by atoms with Crippen molar-refractivity contribution in [1.29, 1.82) is 0 Å². The number of thioether (sulfide) groups is 2. The van der Waals surface area contributed by atoms with E-state index in [1.54, 1.807) is 0 Å². The van der Waals surface area contributed by atoms with E-state index in [0.717, 1.165) is 34.1 Å². The molecule has 0 amide bonds. The van der Waals surface area contributed by atoms with Crippen LogP contribution in [0, 0.1) is 6.92 Å². The lowest BCUT2D eigenvalue weighted by atomic mass is 9.85. The molecule has 0 aliphatic rings. The van der Waals surface area contributed by atoms with Gasteiger partial charge >= 0.3 is 11.9 Å². The molecular formula is C41H72O4S2. The third kappa shape index (κ3) is 23.8. The first-order chi connectivity index (χ1) is 22.7. The van der Waals surface area contributed by atoms with Crippen molar-refractivity contribution in [3.05, 3.63) is 23.3 Å². The summed E-state index contributed by atoms with van der Waals surface area (Å²) < 4.78 is 11.7. The predicted octanol–water partition coefficient (Wildman–Crippen LogP) is 13.2. The highest BCUT2D eigenvalue weighted by Gasteiger charge is 2.24. The first-order valence-corrected chi connectivity index (χ1v) is 21.7. The second-order valence-electron chi connectivity index (χ2n) is 14.4. The fourth-order valence-corrected chi connectivity index (χ4v) is 7.53. The Kier molecular flexibility index (Phi) is 26.8. The van der Waals surface area contributed by atoms with Gasteiger partial charge in [-0.05, 0) is 54.4 Å². The van der Waals surface area contributed by atoms with Gasteiger partial charge in [-0.3, -0.25) is 9.59 Å². The van der Waals surface area contributed by atoms with E-state index in [0.29, 0.717) is 24.3 Å². The first-order valence-electron chi connectivity index (χ1n) is 19.4. The van der Waals surface area contributed by atoms with Gasteiger partial charge in [-0.2, -0.15) is 23.5 Å². The van der Waals surface area contributed by atoms with E-state index < -0.39 is 0 Å². The van der Waals surface area contributed by atoms with Crippen molar-refractivity contribution in [3.63, 3.8) is 0 Å². The van der Waals surface area contributed by atoms with Gasteiger partial charge in [-0.15, -0.1) is 0 Å². The summed E-state index contributed by atoms with van der Waals surface area (Å²) in [4.78, 5) is 25.4. The minimum atomic E-state index is -0.264. The Bertz CT molecular complexity index is 940. The lowest BCUT2D eigenvalue weighted by Gasteiger charge is -2.24. The molecule has 0 aliphatic heterocycles. The fraction of sp³-hybridized carbons (Fsp3) is 0.805. The number of carbonyl (C=O) groups excluding carboxylic acids is 2. The maximum atomic E-state index is 12.7. The van der Waals surface area contributed by atoms with E-state index in [2.05, 4.69) is 34.6 Å². The van der Waals surface area contributed by atoms with Crippen LogP contribution in [-0.2, 0) is 15.0 Å². The van der Waals surface area contributed by atoms with Crippen LogP contribution in [0.3, 0.4) is 0 Å². The van der Waals surface area contributed by atoms with Gasteiger partial charge in [-0.1, -0.05) is 150 Å². The number of hydrogen-bond donors (Lipinski definition) is 0. The molecule has 0 saturated heterocycles. The third-order valence-corrected chi connectivity index (χ3v) is 10.9. The lowest BCUT2D eigenvalue weighted by molar-refractivity contribution is -0.135. The number of aryl methyl sites for hydroxylation is 1. The Morgan fingerprint density at radius 1 is 0.532 bits per heavy atom. The Morgan fingerprint density at radius 3 is 1.28 bits per heavy atom. The second kappa shape index (κ2) is 28.7. The smallest absolute Gasteiger partial charge is 0.312 e. The molecule has 1 rings (SSSR count). The summed E-state index contributed by atoms with van der Waals surface area (Å²) in [6.07, 6.45) is 27.7. The topological polar surface area (TPSA) is 52.6 Å². The number of carbonyl (C=O) groups is 2. The van der Waals surface area contributed by atoms with Gasteiger partial charge in [0.25, 0.3) is 0 Å². The molecule has 0 N–H and O–H groups in total. The van der Waals surface area contributed by atoms with Gasteiger partial charge in [-0.25, -0.2) is 0 Å². The third-order valence-electron chi connectivity index (χ3n) is 8.72. The average molecular weight is 693 g/mol. The summed E-state index contributed by atoms with van der Waals surface area (Å²) in [6, 6.07) is 3.75. The van der Waals surface area contributed by atoms with E-state index >= 15 is 0 Å². The van der Waals surface area contributed by atoms with Crippen LogP contribution in [0.15, 0.2) is 12.1 Å². The van der Waals surface area contributed by atoms with Crippen LogP contribution >= 0.6 is 23.5 Å². The minimum Gasteiger partial charge on any atom is -0.426 e. The number of rotatable bonds is 30. The maximum Gasteiger partial charge on any atom is 0.312 e. The van der Waals surface area contributed by atoms with Gasteiger partial charge in [0.2, 0.25) is 0 Å². The quantitative estimate of drug-likeness (QED) is 0.0454. The second-order valence-corrected chi connectivity index (χ2v) is 16.9. The molecule has 0 radical (unpaired) electrons. The van der Waals surface area contributed by atoms with Gasteiger partial charge in [0.15, 0.2) is 0 Å². The molecule has 0 bridgehead atoms. The van der Waals surface area contributed by atoms with Crippen LogP contribution in [-0.4, -0.2) is 35.0 Å². The zero-order valence-electron chi connectivity index (χ0n) is 31.5. The molecule has 0 aromatic heterocycles. The molecule has 4 nitrogen and oxygen atoms in total. The maximum absolute atomic E-state index is 12.7. The van der Waals surface area contributed by atoms with E-state index in [4.69, 9.17) is 9.47 Å². The van der Waals surface area contributed by atoms with Crippen molar-refractivity contribution in [2.75, 3.05) is 23.0 Å². The molecule has 47 heavy (non-hydrogen) atoms. The highest BCUT2D eigenvalue weighted by molar-refractivity contribution is 7.99. The molecular weight excluding hydrogens is 621 g/mol. The first kappa shape index (κ1) is 43.9. The number of hydrogen-bond acceptors (Lipinski definition) is 6. The van der Waals surface area contributed by atoms with Crippen molar-refractivity contribution in [3.8, 4) is 11.5 Å². The number of ether oxygens (including phenoxy) is 2. The van der Waals surface area contributed by atoms with Crippen molar-refractivity contribution in [1.82, 2.24) is 0 Å². The van der Waals surface area contributed by atoms with Gasteiger partial charge < -0.3 is 9.47 Å². The molecule has 0 spiro atoms. The normalized spacial score (nSPS) is 11.6. The average Bonchev–Trinajstić information content (AvgIpc) is 3.02. The van der Waals surface area contributed by atoms with Crippen molar-refractivity contribution < 1.29 is 19.1 Å². The molecule has 1 aromatic rings. The molecule has 0 heterocycles. The largest absolute Gasteiger partial charge is 0.426 e. The van der Waals surface area contributed by atoms with Crippen molar-refractivity contribution in [2.45, 2.75) is 188 Å². The van der Waals surface area contributed by atoms with Crippen molar-refractivity contribution >= 4 is 35.5 Å². The SMILES string of the molecule is CCCCCCCCCCCCSCCC(=O)Oc1cc(C(C)(C)C)c(OC(=O)CCSCCCCCCCCCCCC)cc1C. The summed E-state index contributed by atoms with van der Waals surface area (Å²) in [5, 5.41) is 0.